The van der Waals surface area contributed by atoms with Crippen LogP contribution in [0.25, 0.3) is 21.5 Å². The molecular weight excluding hydrogens is 647 g/mol. The maximum Gasteiger partial charge on any atom is 0.356 e. The van der Waals surface area contributed by atoms with Crippen molar-refractivity contribution >= 4 is 55.0 Å². The van der Waals surface area contributed by atoms with Crippen LogP contribution in [0.2, 0.25) is 0 Å². The zero-order valence-electron chi connectivity index (χ0n) is 25.4. The summed E-state index contributed by atoms with van der Waals surface area (Å²) in [4.78, 5) is 36.8. The van der Waals surface area contributed by atoms with Gasteiger partial charge < -0.3 is 14.7 Å². The number of fused-ring (bicyclic) bond motifs is 2. The van der Waals surface area contributed by atoms with E-state index in [2.05, 4.69) is 43.4 Å². The first-order valence-corrected chi connectivity index (χ1v) is 16.4. The Bertz CT molecular complexity index is 2270. The number of hydrogen-bond acceptors (Lipinski definition) is 10. The molecule has 1 amide bonds. The topological polar surface area (TPSA) is 157 Å². The van der Waals surface area contributed by atoms with Gasteiger partial charge in [-0.1, -0.05) is 52.9 Å². The van der Waals surface area contributed by atoms with Crippen LogP contribution < -0.4 is 15.0 Å². The van der Waals surface area contributed by atoms with Gasteiger partial charge in [0, 0.05) is 24.2 Å². The van der Waals surface area contributed by atoms with Gasteiger partial charge in [-0.25, -0.2) is 14.8 Å². The number of ether oxygens (including phenoxy) is 1. The number of nitrogens with zero attached hydrogens (tertiary/aromatic N) is 5. The Labute approximate surface area is 282 Å². The molecule has 3 aromatic heterocycles. The molecular formula is C35H25N7O4S2. The number of aromatic carboxylic acids is 1. The fourth-order valence-corrected chi connectivity index (χ4v) is 7.26. The number of anilines is 2. The van der Waals surface area contributed by atoms with Crippen molar-refractivity contribution < 1.29 is 19.4 Å². The molecule has 0 radical (unpaired) electrons. The van der Waals surface area contributed by atoms with Gasteiger partial charge in [0.25, 0.3) is 5.91 Å². The zero-order valence-corrected chi connectivity index (χ0v) is 27.0. The van der Waals surface area contributed by atoms with Gasteiger partial charge in [-0.2, -0.15) is 10.4 Å². The number of carbonyl (C=O) groups excluding carboxylic acids is 1. The lowest BCUT2D eigenvalue weighted by Gasteiger charge is -2.29. The standard InChI is InChI=1S/C35H25N7O4S2/c1-20-25(18-36)30(41-40-20)22-11-13-23(14-12-22)46-17-5-10-29-31(33(44)45)38-35(48-29)42-16-15-21-6-4-7-24(26(21)19-42)32(43)39-34-37-27-8-2-3-9-28(27)47-34/h2-4,6-9,11-14H,15-17,19H2,1H3,(H,40,41)(H,44,45)(H,37,39,43). The number of nitriles is 1. The summed E-state index contributed by atoms with van der Waals surface area (Å²) in [5, 5.41) is 30.3. The van der Waals surface area contributed by atoms with Crippen LogP contribution in [0.15, 0.2) is 66.7 Å². The largest absolute Gasteiger partial charge is 0.481 e. The van der Waals surface area contributed by atoms with E-state index in [-0.39, 0.29) is 18.2 Å². The number of amides is 1. The number of H-pyrrole nitrogens is 1. The van der Waals surface area contributed by atoms with Crippen LogP contribution in [0.5, 0.6) is 5.75 Å². The van der Waals surface area contributed by atoms with Gasteiger partial charge in [0.15, 0.2) is 16.0 Å². The number of carboxylic acid groups (broad SMARTS) is 1. The molecule has 0 saturated heterocycles. The number of rotatable bonds is 7. The minimum Gasteiger partial charge on any atom is -0.481 e. The molecule has 1 aliphatic rings. The second kappa shape index (κ2) is 13.0. The summed E-state index contributed by atoms with van der Waals surface area (Å²) < 4.78 is 6.75. The molecule has 0 unspecified atom stereocenters. The summed E-state index contributed by atoms with van der Waals surface area (Å²) >= 11 is 2.62. The normalized spacial score (nSPS) is 12.1. The second-order valence-corrected chi connectivity index (χ2v) is 12.8. The number of carboxylic acids is 1. The molecule has 3 N–H and O–H groups in total. The number of nitrogens with one attached hydrogen (secondary N) is 2. The van der Waals surface area contributed by atoms with Crippen molar-refractivity contribution in [2.45, 2.75) is 19.9 Å². The molecule has 236 valence electrons. The van der Waals surface area contributed by atoms with Gasteiger partial charge in [0.2, 0.25) is 0 Å². The van der Waals surface area contributed by atoms with E-state index in [1.807, 2.05) is 53.4 Å². The van der Waals surface area contributed by atoms with E-state index in [4.69, 9.17) is 4.74 Å². The minimum absolute atomic E-state index is 0.0286. The van der Waals surface area contributed by atoms with Gasteiger partial charge in [-0.15, -0.1) is 0 Å². The Hall–Kier alpha value is -6.02. The lowest BCUT2D eigenvalue weighted by atomic mass is 9.94. The van der Waals surface area contributed by atoms with Crippen LogP contribution in [0, 0.1) is 30.1 Å². The minimum atomic E-state index is -1.17. The third kappa shape index (κ3) is 6.08. The van der Waals surface area contributed by atoms with Crippen LogP contribution in [0.1, 0.15) is 48.1 Å². The summed E-state index contributed by atoms with van der Waals surface area (Å²) in [6.45, 7) is 2.83. The van der Waals surface area contributed by atoms with E-state index in [1.54, 1.807) is 25.1 Å². The Balaban J connectivity index is 1.04. The molecule has 0 aliphatic carbocycles. The van der Waals surface area contributed by atoms with E-state index in [0.717, 1.165) is 26.9 Å². The first kappa shape index (κ1) is 30.6. The molecule has 0 atom stereocenters. The lowest BCUT2D eigenvalue weighted by Crippen LogP contribution is -2.32. The van der Waals surface area contributed by atoms with E-state index >= 15 is 0 Å². The monoisotopic (exact) mass is 671 g/mol. The average Bonchev–Trinajstić information content (AvgIpc) is 3.82. The maximum absolute atomic E-state index is 13.4. The Morgan fingerprint density at radius 1 is 1.08 bits per heavy atom. The van der Waals surface area contributed by atoms with Crippen LogP contribution >= 0.6 is 22.7 Å². The third-order valence-corrected chi connectivity index (χ3v) is 9.80. The highest BCUT2D eigenvalue weighted by molar-refractivity contribution is 7.22. The van der Waals surface area contributed by atoms with Crippen molar-refractivity contribution in [2.24, 2.45) is 0 Å². The molecule has 4 heterocycles. The second-order valence-electron chi connectivity index (χ2n) is 10.8. The van der Waals surface area contributed by atoms with Crippen LogP contribution in [-0.4, -0.2) is 50.3 Å². The first-order valence-electron chi connectivity index (χ1n) is 14.8. The highest BCUT2D eigenvalue weighted by Gasteiger charge is 2.26. The Kier molecular flexibility index (Phi) is 8.29. The fraction of sp³-hybridized carbons (Fsp3) is 0.143. The maximum atomic E-state index is 13.4. The van der Waals surface area contributed by atoms with Crippen molar-refractivity contribution in [3.05, 3.63) is 105 Å². The van der Waals surface area contributed by atoms with Crippen molar-refractivity contribution in [1.29, 1.82) is 5.26 Å². The molecule has 0 saturated carbocycles. The molecule has 1 aliphatic heterocycles. The molecule has 0 fully saturated rings. The van der Waals surface area contributed by atoms with Gasteiger partial charge >= 0.3 is 5.97 Å². The molecule has 48 heavy (non-hydrogen) atoms. The number of aromatic amines is 1. The number of thiazole rings is 2. The van der Waals surface area contributed by atoms with Gasteiger partial charge in [0.1, 0.15) is 34.6 Å². The van der Waals surface area contributed by atoms with E-state index < -0.39 is 5.97 Å². The summed E-state index contributed by atoms with van der Waals surface area (Å²) in [6, 6.07) is 22.7. The van der Waals surface area contributed by atoms with Crippen LogP contribution in [0.4, 0.5) is 10.3 Å². The summed E-state index contributed by atoms with van der Waals surface area (Å²) in [6.07, 6.45) is 0.671. The lowest BCUT2D eigenvalue weighted by molar-refractivity contribution is 0.0691. The molecule has 0 bridgehead atoms. The van der Waals surface area contributed by atoms with Crippen LogP contribution in [0.3, 0.4) is 0 Å². The van der Waals surface area contributed by atoms with Gasteiger partial charge in [-0.05, 0) is 72.9 Å². The van der Waals surface area contributed by atoms with E-state index in [0.29, 0.717) is 62.9 Å². The quantitative estimate of drug-likeness (QED) is 0.167. The molecule has 11 nitrogen and oxygen atoms in total. The van der Waals surface area contributed by atoms with Crippen molar-refractivity contribution in [3.63, 3.8) is 0 Å². The Morgan fingerprint density at radius 3 is 2.71 bits per heavy atom. The van der Waals surface area contributed by atoms with Crippen molar-refractivity contribution in [2.75, 3.05) is 23.4 Å². The summed E-state index contributed by atoms with van der Waals surface area (Å²) in [5.74, 6) is 4.97. The molecule has 7 rings (SSSR count). The predicted molar refractivity (Wildman–Crippen MR) is 184 cm³/mol. The van der Waals surface area contributed by atoms with Crippen molar-refractivity contribution in [3.8, 4) is 34.9 Å². The average molecular weight is 672 g/mol. The van der Waals surface area contributed by atoms with E-state index in [1.165, 1.54) is 22.7 Å². The number of aromatic nitrogens is 4. The highest BCUT2D eigenvalue weighted by Crippen LogP contribution is 2.33. The molecule has 6 aromatic rings. The predicted octanol–water partition coefficient (Wildman–Crippen LogP) is 6.27. The zero-order chi connectivity index (χ0) is 33.2. The van der Waals surface area contributed by atoms with E-state index in [9.17, 15) is 20.0 Å². The van der Waals surface area contributed by atoms with Gasteiger partial charge in [0.05, 0.1) is 15.9 Å². The molecule has 13 heteroatoms. The fourth-order valence-electron chi connectivity index (χ4n) is 5.44. The Morgan fingerprint density at radius 2 is 1.92 bits per heavy atom. The highest BCUT2D eigenvalue weighted by atomic mass is 32.1. The number of carbonyl (C=O) groups is 2. The SMILES string of the molecule is Cc1[nH]nc(-c2ccc(OCC#Cc3sc(N4CCc5cccc(C(=O)Nc6nc7ccccc7s6)c5C4)nc3C(=O)O)cc2)c1C#N. The number of benzene rings is 3. The smallest absolute Gasteiger partial charge is 0.356 e. The number of hydrogen-bond donors (Lipinski definition) is 3. The number of para-hydroxylation sites is 1. The summed E-state index contributed by atoms with van der Waals surface area (Å²) in [5.41, 5.74) is 5.73. The number of aryl methyl sites for hydroxylation is 1. The van der Waals surface area contributed by atoms with Gasteiger partial charge in [-0.3, -0.25) is 15.2 Å². The third-order valence-electron chi connectivity index (χ3n) is 7.82. The van der Waals surface area contributed by atoms with Crippen molar-refractivity contribution in [1.82, 2.24) is 20.2 Å². The molecule has 3 aromatic carbocycles. The van der Waals surface area contributed by atoms with Crippen LogP contribution in [-0.2, 0) is 13.0 Å². The first-order chi connectivity index (χ1) is 23.4. The summed E-state index contributed by atoms with van der Waals surface area (Å²) in [7, 11) is 0. The molecule has 0 spiro atoms.